The van der Waals surface area contributed by atoms with Gasteiger partial charge >= 0.3 is 6.09 Å². The zero-order chi connectivity index (χ0) is 21.3. The van der Waals surface area contributed by atoms with Gasteiger partial charge in [0.1, 0.15) is 5.60 Å². The lowest BCUT2D eigenvalue weighted by Gasteiger charge is -2.34. The second kappa shape index (κ2) is 11.0. The zero-order valence-corrected chi connectivity index (χ0v) is 18.6. The van der Waals surface area contributed by atoms with Gasteiger partial charge in [-0.25, -0.2) is 4.79 Å². The van der Waals surface area contributed by atoms with E-state index in [2.05, 4.69) is 15.6 Å². The summed E-state index contributed by atoms with van der Waals surface area (Å²) in [5, 5.41) is 16.1. The van der Waals surface area contributed by atoms with E-state index in [1.165, 1.54) is 0 Å². The molecule has 2 heterocycles. The van der Waals surface area contributed by atoms with Gasteiger partial charge in [0.25, 0.3) is 0 Å². The largest absolute Gasteiger partial charge is 0.444 e. The van der Waals surface area contributed by atoms with Crippen LogP contribution < -0.4 is 10.6 Å². The Morgan fingerprint density at radius 2 is 2.17 bits per heavy atom. The van der Waals surface area contributed by atoms with E-state index in [1.54, 1.807) is 7.05 Å². The predicted molar refractivity (Wildman–Crippen MR) is 114 cm³/mol. The Hall–Kier alpha value is -1.54. The molecule has 2 aliphatic heterocycles. The van der Waals surface area contributed by atoms with Gasteiger partial charge in [-0.2, -0.15) is 0 Å². The van der Waals surface area contributed by atoms with Gasteiger partial charge in [-0.15, -0.1) is 0 Å². The van der Waals surface area contributed by atoms with Crippen LogP contribution in [-0.4, -0.2) is 80.7 Å². The van der Waals surface area contributed by atoms with E-state index in [0.29, 0.717) is 12.5 Å². The molecule has 1 amide bonds. The molecule has 0 aromatic carbocycles. The number of aliphatic imine (C=N–C) groups is 1. The molecule has 0 saturated carbocycles. The summed E-state index contributed by atoms with van der Waals surface area (Å²) in [7, 11) is 1.77. The predicted octanol–water partition coefficient (Wildman–Crippen LogP) is 1.98. The van der Waals surface area contributed by atoms with Crippen molar-refractivity contribution < 1.29 is 19.4 Å². The first-order valence-corrected chi connectivity index (χ1v) is 10.9. The van der Waals surface area contributed by atoms with E-state index in [0.717, 1.165) is 70.8 Å². The number of carbonyl (C=O) groups excluding carboxylic acids is 1. The van der Waals surface area contributed by atoms with Gasteiger partial charge in [0, 0.05) is 51.9 Å². The Bertz CT molecular complexity index is 541. The fourth-order valence-corrected chi connectivity index (χ4v) is 3.99. The average Bonchev–Trinajstić information content (AvgIpc) is 3.12. The fourth-order valence-electron chi connectivity index (χ4n) is 3.99. The van der Waals surface area contributed by atoms with Crippen LogP contribution in [0.4, 0.5) is 4.79 Å². The number of aliphatic hydroxyl groups is 1. The Labute approximate surface area is 175 Å². The molecule has 2 atom stereocenters. The molecule has 2 aliphatic rings. The Kier molecular flexibility index (Phi) is 9.02. The number of nitrogens with one attached hydrogen (secondary N) is 2. The maximum atomic E-state index is 12.3. The minimum absolute atomic E-state index is 0.0103. The lowest BCUT2D eigenvalue weighted by atomic mass is 9.84. The highest BCUT2D eigenvalue weighted by Gasteiger charge is 2.34. The summed E-state index contributed by atoms with van der Waals surface area (Å²) in [5.74, 6) is 1.24. The molecule has 8 nitrogen and oxygen atoms in total. The number of nitrogens with zero attached hydrogens (tertiary/aromatic N) is 2. The van der Waals surface area contributed by atoms with Crippen LogP contribution in [0.15, 0.2) is 4.99 Å². The van der Waals surface area contributed by atoms with Gasteiger partial charge in [0.15, 0.2) is 5.96 Å². The average molecular weight is 413 g/mol. The molecule has 2 unspecified atom stereocenters. The third kappa shape index (κ3) is 8.01. The normalized spacial score (nSPS) is 25.8. The smallest absolute Gasteiger partial charge is 0.410 e. The zero-order valence-electron chi connectivity index (χ0n) is 18.6. The molecule has 0 aromatic heterocycles. The van der Waals surface area contributed by atoms with Crippen LogP contribution in [-0.2, 0) is 9.47 Å². The van der Waals surface area contributed by atoms with E-state index in [4.69, 9.17) is 9.47 Å². The van der Waals surface area contributed by atoms with Crippen molar-refractivity contribution in [2.45, 2.75) is 58.5 Å². The highest BCUT2D eigenvalue weighted by atomic mass is 16.6. The summed E-state index contributed by atoms with van der Waals surface area (Å²) in [6.45, 7) is 10.4. The number of piperidine rings is 1. The van der Waals surface area contributed by atoms with E-state index in [1.807, 2.05) is 25.7 Å². The van der Waals surface area contributed by atoms with Gasteiger partial charge in [-0.1, -0.05) is 0 Å². The molecule has 0 aliphatic carbocycles. The van der Waals surface area contributed by atoms with Crippen molar-refractivity contribution in [1.29, 1.82) is 0 Å². The molecule has 0 aromatic rings. The van der Waals surface area contributed by atoms with Gasteiger partial charge in [0.05, 0.1) is 6.61 Å². The number of carbonyl (C=O) groups is 1. The van der Waals surface area contributed by atoms with Crippen LogP contribution in [0.3, 0.4) is 0 Å². The van der Waals surface area contributed by atoms with Crippen molar-refractivity contribution in [2.75, 3.05) is 53.0 Å². The maximum Gasteiger partial charge on any atom is 0.410 e. The highest BCUT2D eigenvalue weighted by Crippen LogP contribution is 2.31. The third-order valence-electron chi connectivity index (χ3n) is 5.70. The molecule has 2 saturated heterocycles. The number of aliphatic hydroxyl groups excluding tert-OH is 1. The Morgan fingerprint density at radius 3 is 2.79 bits per heavy atom. The van der Waals surface area contributed by atoms with Crippen LogP contribution in [0.1, 0.15) is 52.9 Å². The Morgan fingerprint density at radius 1 is 1.38 bits per heavy atom. The molecular formula is C21H40N4O4. The summed E-state index contributed by atoms with van der Waals surface area (Å²) >= 11 is 0. The van der Waals surface area contributed by atoms with E-state index < -0.39 is 5.60 Å². The molecule has 0 bridgehead atoms. The minimum Gasteiger partial charge on any atom is -0.444 e. The third-order valence-corrected chi connectivity index (χ3v) is 5.70. The molecule has 0 spiro atoms. The molecule has 168 valence electrons. The first kappa shape index (κ1) is 23.7. The minimum atomic E-state index is -0.457. The van der Waals surface area contributed by atoms with Gasteiger partial charge in [0.2, 0.25) is 0 Å². The molecular weight excluding hydrogens is 372 g/mol. The molecule has 3 N–H and O–H groups in total. The highest BCUT2D eigenvalue weighted by molar-refractivity contribution is 5.79. The van der Waals surface area contributed by atoms with E-state index >= 15 is 0 Å². The van der Waals surface area contributed by atoms with Crippen LogP contribution >= 0.6 is 0 Å². The molecule has 2 fully saturated rings. The number of amides is 1. The first-order chi connectivity index (χ1) is 13.8. The van der Waals surface area contributed by atoms with Crippen LogP contribution in [0.2, 0.25) is 0 Å². The molecule has 29 heavy (non-hydrogen) atoms. The van der Waals surface area contributed by atoms with Crippen molar-refractivity contribution in [3.63, 3.8) is 0 Å². The summed E-state index contributed by atoms with van der Waals surface area (Å²) in [6, 6.07) is 0. The topological polar surface area (TPSA) is 95.4 Å². The number of likely N-dealkylation sites (tertiary alicyclic amines) is 1. The van der Waals surface area contributed by atoms with Crippen LogP contribution in [0.25, 0.3) is 0 Å². The lowest BCUT2D eigenvalue weighted by molar-refractivity contribution is 0.0162. The number of ether oxygens (including phenoxy) is 2. The maximum absolute atomic E-state index is 12.3. The van der Waals surface area contributed by atoms with Crippen molar-refractivity contribution in [3.05, 3.63) is 0 Å². The van der Waals surface area contributed by atoms with E-state index in [9.17, 15) is 9.90 Å². The second-order valence-corrected chi connectivity index (χ2v) is 9.35. The summed E-state index contributed by atoms with van der Waals surface area (Å²) < 4.78 is 11.1. The second-order valence-electron chi connectivity index (χ2n) is 9.35. The number of guanidine groups is 1. The van der Waals surface area contributed by atoms with Gasteiger partial charge in [-0.3, -0.25) is 4.99 Å². The van der Waals surface area contributed by atoms with Crippen LogP contribution in [0.5, 0.6) is 0 Å². The number of hydrogen-bond acceptors (Lipinski definition) is 5. The van der Waals surface area contributed by atoms with Crippen LogP contribution in [0, 0.1) is 11.3 Å². The van der Waals surface area contributed by atoms with Crippen molar-refractivity contribution in [1.82, 2.24) is 15.5 Å². The summed E-state index contributed by atoms with van der Waals surface area (Å²) in [6.07, 6.45) is 4.61. The Balaban J connectivity index is 1.72. The first-order valence-electron chi connectivity index (χ1n) is 10.9. The van der Waals surface area contributed by atoms with Crippen molar-refractivity contribution in [3.8, 4) is 0 Å². The molecule has 8 heteroatoms. The SMILES string of the molecule is CN=C(NCCC1CCCN(C(=O)OC(C)(C)C)C1)NCC1(CCO)CCOC1. The quantitative estimate of drug-likeness (QED) is 0.437. The van der Waals surface area contributed by atoms with Crippen molar-refractivity contribution in [2.24, 2.45) is 16.3 Å². The lowest BCUT2D eigenvalue weighted by Crippen LogP contribution is -2.46. The standard InChI is InChI=1S/C21H40N4O4/c1-20(2,3)29-19(27)25-11-5-6-17(14-25)7-10-23-18(22-4)24-15-21(8-12-26)9-13-28-16-21/h17,26H,5-16H2,1-4H3,(H2,22,23,24). The molecule has 2 rings (SSSR count). The number of rotatable bonds is 7. The van der Waals surface area contributed by atoms with Gasteiger partial charge < -0.3 is 30.1 Å². The summed E-state index contributed by atoms with van der Waals surface area (Å²) in [4.78, 5) is 18.5. The van der Waals surface area contributed by atoms with E-state index in [-0.39, 0.29) is 18.1 Å². The van der Waals surface area contributed by atoms with Crippen molar-refractivity contribution >= 4 is 12.1 Å². The monoisotopic (exact) mass is 412 g/mol. The van der Waals surface area contributed by atoms with Gasteiger partial charge in [-0.05, 0) is 58.8 Å². The fraction of sp³-hybridized carbons (Fsp3) is 0.905. The number of hydrogen-bond donors (Lipinski definition) is 3. The molecule has 0 radical (unpaired) electrons. The summed E-state index contributed by atoms with van der Waals surface area (Å²) in [5.41, 5.74) is -0.467.